The number of aliphatic carboxylic acids is 1. The lowest BCUT2D eigenvalue weighted by Gasteiger charge is -2.39. The van der Waals surface area contributed by atoms with Crippen LogP contribution in [0.1, 0.15) is 32.6 Å². The lowest BCUT2D eigenvalue weighted by molar-refractivity contribution is -0.144. The molecule has 2 atom stereocenters. The molecule has 2 fully saturated rings. The van der Waals surface area contributed by atoms with E-state index in [1.54, 1.807) is 4.90 Å². The summed E-state index contributed by atoms with van der Waals surface area (Å²) >= 11 is 1.87. The van der Waals surface area contributed by atoms with Crippen LogP contribution in [-0.2, 0) is 4.79 Å². The topological polar surface area (TPSA) is 60.9 Å². The molecule has 0 radical (unpaired) electrons. The molecule has 114 valence electrons. The van der Waals surface area contributed by atoms with Gasteiger partial charge in [0.2, 0.25) is 0 Å². The second-order valence-corrected chi connectivity index (χ2v) is 6.81. The number of rotatable bonds is 2. The predicted octanol–water partition coefficient (Wildman–Crippen LogP) is 2.12. The fourth-order valence-corrected chi connectivity index (χ4v) is 3.88. The fraction of sp³-hybridized carbons (Fsp3) is 0.857. The van der Waals surface area contributed by atoms with Crippen LogP contribution in [0, 0.1) is 5.92 Å². The van der Waals surface area contributed by atoms with Crippen molar-refractivity contribution in [2.45, 2.75) is 38.6 Å². The number of hydrogen-bond acceptors (Lipinski definition) is 3. The molecule has 2 heterocycles. The van der Waals surface area contributed by atoms with Crippen molar-refractivity contribution in [2.24, 2.45) is 5.92 Å². The SMILES string of the molecule is CCC1CCN(C(=O)N2CCCSCC2)C(C(=O)O)C1. The first-order chi connectivity index (χ1) is 9.63. The Labute approximate surface area is 124 Å². The molecule has 2 aliphatic heterocycles. The third-order valence-electron chi connectivity index (χ3n) is 4.31. The van der Waals surface area contributed by atoms with Crippen LogP contribution in [0.25, 0.3) is 0 Å². The van der Waals surface area contributed by atoms with E-state index < -0.39 is 12.0 Å². The van der Waals surface area contributed by atoms with E-state index in [4.69, 9.17) is 0 Å². The van der Waals surface area contributed by atoms with Crippen LogP contribution in [0.15, 0.2) is 0 Å². The summed E-state index contributed by atoms with van der Waals surface area (Å²) in [4.78, 5) is 27.5. The molecular weight excluding hydrogens is 276 g/mol. The highest BCUT2D eigenvalue weighted by Crippen LogP contribution is 2.27. The average Bonchev–Trinajstić information content (AvgIpc) is 2.74. The Balaban J connectivity index is 2.04. The number of amides is 2. The van der Waals surface area contributed by atoms with Crippen LogP contribution < -0.4 is 0 Å². The number of carbonyl (C=O) groups excluding carboxylic acids is 1. The number of urea groups is 1. The maximum Gasteiger partial charge on any atom is 0.326 e. The molecule has 0 aliphatic carbocycles. The van der Waals surface area contributed by atoms with Crippen molar-refractivity contribution in [3.05, 3.63) is 0 Å². The van der Waals surface area contributed by atoms with Crippen molar-refractivity contribution in [3.63, 3.8) is 0 Å². The number of carboxylic acids is 1. The van der Waals surface area contributed by atoms with Crippen LogP contribution in [0.5, 0.6) is 0 Å². The molecule has 0 aromatic rings. The lowest BCUT2D eigenvalue weighted by Crippen LogP contribution is -2.54. The van der Waals surface area contributed by atoms with Crippen LogP contribution in [-0.4, -0.2) is 64.1 Å². The van der Waals surface area contributed by atoms with E-state index in [2.05, 4.69) is 6.92 Å². The van der Waals surface area contributed by atoms with E-state index in [0.717, 1.165) is 43.9 Å². The molecule has 0 aromatic heterocycles. The molecule has 2 aliphatic rings. The van der Waals surface area contributed by atoms with Gasteiger partial charge in [0.05, 0.1) is 0 Å². The fourth-order valence-electron chi connectivity index (χ4n) is 2.99. The molecule has 0 saturated carbocycles. The number of nitrogens with zero attached hydrogens (tertiary/aromatic N) is 2. The molecular formula is C14H24N2O3S. The molecule has 20 heavy (non-hydrogen) atoms. The Morgan fingerprint density at radius 2 is 2.05 bits per heavy atom. The zero-order chi connectivity index (χ0) is 14.5. The highest BCUT2D eigenvalue weighted by Gasteiger charge is 2.37. The zero-order valence-corrected chi connectivity index (χ0v) is 12.9. The third kappa shape index (κ3) is 3.59. The van der Waals surface area contributed by atoms with Gasteiger partial charge in [-0.2, -0.15) is 11.8 Å². The Morgan fingerprint density at radius 3 is 2.75 bits per heavy atom. The summed E-state index contributed by atoms with van der Waals surface area (Å²) in [6, 6.07) is -0.716. The van der Waals surface area contributed by atoms with Gasteiger partial charge in [-0.15, -0.1) is 0 Å². The minimum atomic E-state index is -0.860. The van der Waals surface area contributed by atoms with Gasteiger partial charge in [-0.05, 0) is 30.9 Å². The largest absolute Gasteiger partial charge is 0.480 e. The zero-order valence-electron chi connectivity index (χ0n) is 12.1. The Hall–Kier alpha value is -0.910. The number of carboxylic acid groups (broad SMARTS) is 1. The number of carbonyl (C=O) groups is 2. The van der Waals surface area contributed by atoms with Crippen molar-refractivity contribution in [2.75, 3.05) is 31.1 Å². The van der Waals surface area contributed by atoms with Crippen LogP contribution >= 0.6 is 11.8 Å². The first-order valence-electron chi connectivity index (χ1n) is 7.49. The van der Waals surface area contributed by atoms with Crippen molar-refractivity contribution in [1.29, 1.82) is 0 Å². The summed E-state index contributed by atoms with van der Waals surface area (Å²) in [5.74, 6) is 1.61. The second-order valence-electron chi connectivity index (χ2n) is 5.58. The van der Waals surface area contributed by atoms with Crippen molar-refractivity contribution < 1.29 is 14.7 Å². The normalized spacial score (nSPS) is 28.1. The van der Waals surface area contributed by atoms with Gasteiger partial charge >= 0.3 is 12.0 Å². The molecule has 2 saturated heterocycles. The minimum Gasteiger partial charge on any atom is -0.480 e. The highest BCUT2D eigenvalue weighted by molar-refractivity contribution is 7.99. The van der Waals surface area contributed by atoms with E-state index in [-0.39, 0.29) is 6.03 Å². The van der Waals surface area contributed by atoms with E-state index in [1.165, 1.54) is 0 Å². The van der Waals surface area contributed by atoms with E-state index in [1.807, 2.05) is 16.7 Å². The summed E-state index contributed by atoms with van der Waals surface area (Å²) in [5, 5.41) is 9.41. The van der Waals surface area contributed by atoms with Crippen LogP contribution in [0.2, 0.25) is 0 Å². The Kier molecular flexibility index (Phi) is 5.57. The molecule has 2 rings (SSSR count). The Morgan fingerprint density at radius 1 is 1.25 bits per heavy atom. The molecule has 0 bridgehead atoms. The number of likely N-dealkylation sites (tertiary alicyclic amines) is 1. The van der Waals surface area contributed by atoms with E-state index in [9.17, 15) is 14.7 Å². The smallest absolute Gasteiger partial charge is 0.326 e. The van der Waals surface area contributed by atoms with Gasteiger partial charge in [0, 0.05) is 25.4 Å². The molecule has 0 spiro atoms. The average molecular weight is 300 g/mol. The third-order valence-corrected chi connectivity index (χ3v) is 5.36. The quantitative estimate of drug-likeness (QED) is 0.848. The summed E-state index contributed by atoms with van der Waals surface area (Å²) < 4.78 is 0. The van der Waals surface area contributed by atoms with E-state index >= 15 is 0 Å². The van der Waals surface area contributed by atoms with Gasteiger partial charge in [0.25, 0.3) is 0 Å². The maximum atomic E-state index is 12.6. The monoisotopic (exact) mass is 300 g/mol. The number of hydrogen-bond donors (Lipinski definition) is 1. The molecule has 2 unspecified atom stereocenters. The molecule has 1 N–H and O–H groups in total. The van der Waals surface area contributed by atoms with Crippen LogP contribution in [0.3, 0.4) is 0 Å². The first-order valence-corrected chi connectivity index (χ1v) is 8.65. The Bertz CT molecular complexity index is 356. The molecule has 0 aromatic carbocycles. The lowest BCUT2D eigenvalue weighted by atomic mass is 9.89. The van der Waals surface area contributed by atoms with Crippen LogP contribution in [0.4, 0.5) is 4.79 Å². The van der Waals surface area contributed by atoms with E-state index in [0.29, 0.717) is 18.9 Å². The summed E-state index contributed by atoms with van der Waals surface area (Å²) in [6.45, 7) is 4.17. The van der Waals surface area contributed by atoms with Crippen molar-refractivity contribution >= 4 is 23.8 Å². The summed E-state index contributed by atoms with van der Waals surface area (Å²) in [6.07, 6.45) is 3.51. The van der Waals surface area contributed by atoms with Crippen molar-refractivity contribution in [1.82, 2.24) is 9.80 Å². The van der Waals surface area contributed by atoms with Gasteiger partial charge in [0.15, 0.2) is 0 Å². The molecule has 2 amide bonds. The highest BCUT2D eigenvalue weighted by atomic mass is 32.2. The first kappa shape index (κ1) is 15.5. The predicted molar refractivity (Wildman–Crippen MR) is 80.1 cm³/mol. The summed E-state index contributed by atoms with van der Waals surface area (Å²) in [5.41, 5.74) is 0. The summed E-state index contributed by atoms with van der Waals surface area (Å²) in [7, 11) is 0. The second kappa shape index (κ2) is 7.20. The standard InChI is InChI=1S/C14H24N2O3S/c1-2-11-4-6-16(12(10-11)13(17)18)14(19)15-5-3-8-20-9-7-15/h11-12H,2-10H2,1H3,(H,17,18). The van der Waals surface area contributed by atoms with Gasteiger partial charge in [-0.3, -0.25) is 0 Å². The van der Waals surface area contributed by atoms with Gasteiger partial charge in [-0.25, -0.2) is 9.59 Å². The molecule has 5 nitrogen and oxygen atoms in total. The molecule has 6 heteroatoms. The number of thioether (sulfide) groups is 1. The van der Waals surface area contributed by atoms with Gasteiger partial charge < -0.3 is 14.9 Å². The van der Waals surface area contributed by atoms with Crippen molar-refractivity contribution in [3.8, 4) is 0 Å². The minimum absolute atomic E-state index is 0.0746. The number of piperidine rings is 1. The maximum absolute atomic E-state index is 12.6. The van der Waals surface area contributed by atoms with Gasteiger partial charge in [-0.1, -0.05) is 13.3 Å². The van der Waals surface area contributed by atoms with Gasteiger partial charge in [0.1, 0.15) is 6.04 Å².